The van der Waals surface area contributed by atoms with Gasteiger partial charge < -0.3 is 4.90 Å². The predicted octanol–water partition coefficient (Wildman–Crippen LogP) is 3.19. The molecule has 0 spiro atoms. The van der Waals surface area contributed by atoms with Gasteiger partial charge in [0.1, 0.15) is 11.5 Å². The maximum atomic E-state index is 12.6. The van der Waals surface area contributed by atoms with E-state index in [2.05, 4.69) is 40.3 Å². The van der Waals surface area contributed by atoms with Gasteiger partial charge in [0.25, 0.3) is 5.91 Å². The van der Waals surface area contributed by atoms with Crippen molar-refractivity contribution in [3.05, 3.63) is 59.2 Å². The quantitative estimate of drug-likeness (QED) is 0.875. The molecule has 23 heavy (non-hydrogen) atoms. The SMILES string of the molecule is Cc1cc(C(=O)N2CCC(Cc3ccccc3)CC2)nc(C)n1. The van der Waals surface area contributed by atoms with Crippen molar-refractivity contribution in [3.63, 3.8) is 0 Å². The molecule has 120 valence electrons. The van der Waals surface area contributed by atoms with Crippen molar-refractivity contribution in [3.8, 4) is 0 Å². The number of carbonyl (C=O) groups excluding carboxylic acids is 1. The van der Waals surface area contributed by atoms with Crippen molar-refractivity contribution < 1.29 is 4.79 Å². The van der Waals surface area contributed by atoms with Crippen LogP contribution in [0.25, 0.3) is 0 Å². The fraction of sp³-hybridized carbons (Fsp3) is 0.421. The Morgan fingerprint density at radius 2 is 1.83 bits per heavy atom. The van der Waals surface area contributed by atoms with Crippen LogP contribution >= 0.6 is 0 Å². The lowest BCUT2D eigenvalue weighted by molar-refractivity contribution is 0.0684. The monoisotopic (exact) mass is 309 g/mol. The van der Waals surface area contributed by atoms with E-state index < -0.39 is 0 Å². The zero-order valence-electron chi connectivity index (χ0n) is 13.8. The minimum atomic E-state index is 0.0387. The molecule has 0 N–H and O–H groups in total. The molecule has 1 saturated heterocycles. The van der Waals surface area contributed by atoms with Crippen LogP contribution in [0.4, 0.5) is 0 Å². The van der Waals surface area contributed by atoms with E-state index in [1.54, 1.807) is 6.07 Å². The van der Waals surface area contributed by atoms with Gasteiger partial charge in [-0.1, -0.05) is 30.3 Å². The minimum Gasteiger partial charge on any atom is -0.337 e. The maximum Gasteiger partial charge on any atom is 0.272 e. The van der Waals surface area contributed by atoms with Crippen molar-refractivity contribution in [2.45, 2.75) is 33.1 Å². The molecule has 4 heteroatoms. The number of piperidine rings is 1. The van der Waals surface area contributed by atoms with Gasteiger partial charge in [0.2, 0.25) is 0 Å². The number of amides is 1. The topological polar surface area (TPSA) is 46.1 Å². The summed E-state index contributed by atoms with van der Waals surface area (Å²) in [6, 6.07) is 12.4. The highest BCUT2D eigenvalue weighted by atomic mass is 16.2. The number of rotatable bonds is 3. The largest absolute Gasteiger partial charge is 0.337 e. The number of nitrogens with zero attached hydrogens (tertiary/aromatic N) is 3. The zero-order valence-corrected chi connectivity index (χ0v) is 13.8. The molecule has 0 saturated carbocycles. The van der Waals surface area contributed by atoms with Gasteiger partial charge in [-0.15, -0.1) is 0 Å². The zero-order chi connectivity index (χ0) is 16.2. The fourth-order valence-corrected chi connectivity index (χ4v) is 3.28. The van der Waals surface area contributed by atoms with Gasteiger partial charge >= 0.3 is 0 Å². The van der Waals surface area contributed by atoms with Crippen LogP contribution in [0, 0.1) is 19.8 Å². The smallest absolute Gasteiger partial charge is 0.272 e. The van der Waals surface area contributed by atoms with Crippen LogP contribution in [-0.4, -0.2) is 33.9 Å². The molecule has 1 aromatic heterocycles. The maximum absolute atomic E-state index is 12.6. The molecule has 2 heterocycles. The predicted molar refractivity (Wildman–Crippen MR) is 90.3 cm³/mol. The summed E-state index contributed by atoms with van der Waals surface area (Å²) in [4.78, 5) is 23.1. The second-order valence-corrected chi connectivity index (χ2v) is 6.37. The average Bonchev–Trinajstić information content (AvgIpc) is 2.55. The van der Waals surface area contributed by atoms with E-state index in [1.165, 1.54) is 5.56 Å². The Kier molecular flexibility index (Phi) is 4.70. The third-order valence-electron chi connectivity index (χ3n) is 4.45. The van der Waals surface area contributed by atoms with Gasteiger partial charge in [0, 0.05) is 18.8 Å². The van der Waals surface area contributed by atoms with E-state index in [9.17, 15) is 4.79 Å². The molecule has 1 aliphatic rings. The summed E-state index contributed by atoms with van der Waals surface area (Å²) in [6.07, 6.45) is 3.22. The standard InChI is InChI=1S/C19H23N3O/c1-14-12-18(21-15(2)20-14)19(23)22-10-8-17(9-11-22)13-16-6-4-3-5-7-16/h3-7,12,17H,8-11,13H2,1-2H3. The van der Waals surface area contributed by atoms with Gasteiger partial charge in [-0.25, -0.2) is 9.97 Å². The molecule has 0 radical (unpaired) electrons. The Hall–Kier alpha value is -2.23. The minimum absolute atomic E-state index is 0.0387. The van der Waals surface area contributed by atoms with Crippen molar-refractivity contribution in [2.75, 3.05) is 13.1 Å². The highest BCUT2D eigenvalue weighted by molar-refractivity contribution is 5.92. The highest BCUT2D eigenvalue weighted by Crippen LogP contribution is 2.22. The summed E-state index contributed by atoms with van der Waals surface area (Å²) in [5.74, 6) is 1.36. The van der Waals surface area contributed by atoms with E-state index >= 15 is 0 Å². The Balaban J connectivity index is 1.59. The molecule has 0 atom stereocenters. The van der Waals surface area contributed by atoms with Crippen molar-refractivity contribution in [2.24, 2.45) is 5.92 Å². The van der Waals surface area contributed by atoms with E-state index in [1.807, 2.05) is 18.7 Å². The number of hydrogen-bond donors (Lipinski definition) is 0. The van der Waals surface area contributed by atoms with Crippen molar-refractivity contribution in [1.29, 1.82) is 0 Å². The molecular formula is C19H23N3O. The Morgan fingerprint density at radius 1 is 1.13 bits per heavy atom. The molecular weight excluding hydrogens is 286 g/mol. The molecule has 1 amide bonds. The molecule has 1 aromatic carbocycles. The molecule has 0 aliphatic carbocycles. The summed E-state index contributed by atoms with van der Waals surface area (Å²) in [7, 11) is 0. The number of hydrogen-bond acceptors (Lipinski definition) is 3. The molecule has 0 bridgehead atoms. The number of likely N-dealkylation sites (tertiary alicyclic amines) is 1. The van der Waals surface area contributed by atoms with E-state index in [4.69, 9.17) is 0 Å². The number of aromatic nitrogens is 2. The highest BCUT2D eigenvalue weighted by Gasteiger charge is 2.24. The summed E-state index contributed by atoms with van der Waals surface area (Å²) < 4.78 is 0. The van der Waals surface area contributed by atoms with Crippen molar-refractivity contribution in [1.82, 2.24) is 14.9 Å². The fourth-order valence-electron chi connectivity index (χ4n) is 3.28. The van der Waals surface area contributed by atoms with Gasteiger partial charge in [-0.05, 0) is 50.7 Å². The molecule has 1 fully saturated rings. The second-order valence-electron chi connectivity index (χ2n) is 6.37. The lowest BCUT2D eigenvalue weighted by Crippen LogP contribution is -2.39. The van der Waals surface area contributed by atoms with Crippen LogP contribution in [0.15, 0.2) is 36.4 Å². The summed E-state index contributed by atoms with van der Waals surface area (Å²) in [6.45, 7) is 5.37. The third-order valence-corrected chi connectivity index (χ3v) is 4.45. The molecule has 4 nitrogen and oxygen atoms in total. The first-order valence-corrected chi connectivity index (χ1v) is 8.27. The van der Waals surface area contributed by atoms with Gasteiger partial charge in [0.05, 0.1) is 0 Å². The summed E-state index contributed by atoms with van der Waals surface area (Å²) >= 11 is 0. The number of benzene rings is 1. The average molecular weight is 309 g/mol. The second kappa shape index (κ2) is 6.90. The van der Waals surface area contributed by atoms with Gasteiger partial charge in [0.15, 0.2) is 0 Å². The van der Waals surface area contributed by atoms with E-state index in [-0.39, 0.29) is 5.91 Å². The first-order chi connectivity index (χ1) is 11.1. The summed E-state index contributed by atoms with van der Waals surface area (Å²) in [5.41, 5.74) is 2.76. The molecule has 2 aromatic rings. The lowest BCUT2D eigenvalue weighted by Gasteiger charge is -2.32. The van der Waals surface area contributed by atoms with Crippen LogP contribution in [-0.2, 0) is 6.42 Å². The normalized spacial score (nSPS) is 15.7. The summed E-state index contributed by atoms with van der Waals surface area (Å²) in [5, 5.41) is 0. The number of aryl methyl sites for hydroxylation is 2. The van der Waals surface area contributed by atoms with E-state index in [0.29, 0.717) is 17.4 Å². The first-order valence-electron chi connectivity index (χ1n) is 8.27. The third kappa shape index (κ3) is 3.95. The van der Waals surface area contributed by atoms with Crippen LogP contribution in [0.5, 0.6) is 0 Å². The van der Waals surface area contributed by atoms with Gasteiger partial charge in [-0.2, -0.15) is 0 Å². The molecule has 1 aliphatic heterocycles. The Labute approximate surface area is 137 Å². The van der Waals surface area contributed by atoms with Crippen molar-refractivity contribution >= 4 is 5.91 Å². The van der Waals surface area contributed by atoms with Crippen LogP contribution in [0.3, 0.4) is 0 Å². The first kappa shape index (κ1) is 15.7. The van der Waals surface area contributed by atoms with Crippen LogP contribution < -0.4 is 0 Å². The lowest BCUT2D eigenvalue weighted by atomic mass is 9.90. The van der Waals surface area contributed by atoms with E-state index in [0.717, 1.165) is 38.0 Å². The number of carbonyl (C=O) groups is 1. The Morgan fingerprint density at radius 3 is 2.48 bits per heavy atom. The molecule has 3 rings (SSSR count). The Bertz CT molecular complexity index is 656. The van der Waals surface area contributed by atoms with Crippen LogP contribution in [0.2, 0.25) is 0 Å². The van der Waals surface area contributed by atoms with Crippen LogP contribution in [0.1, 0.15) is 40.4 Å². The molecule has 0 unspecified atom stereocenters. The van der Waals surface area contributed by atoms with Gasteiger partial charge in [-0.3, -0.25) is 4.79 Å².